The van der Waals surface area contributed by atoms with Crippen LogP contribution in [-0.2, 0) is 28.8 Å². The van der Waals surface area contributed by atoms with Gasteiger partial charge in [-0.1, -0.05) is 0 Å². The van der Waals surface area contributed by atoms with Crippen LogP contribution in [0.15, 0.2) is 0 Å². The van der Waals surface area contributed by atoms with E-state index in [0.29, 0.717) is 0 Å². The third-order valence-corrected chi connectivity index (χ3v) is 3.09. The molecule has 0 rings (SSSR count). The van der Waals surface area contributed by atoms with Gasteiger partial charge in [-0.25, -0.2) is 4.79 Å². The molecule has 0 aromatic carbocycles. The SMILES string of the molecule is NC(=O)CC[C@H](NC(=O)[C@@H](N)CC(N)=O)C(=O)N[C@@H](CC(N)=O)C(=O)O. The standard InChI is InChI=1S/C13H22N6O7/c14-5(3-9(16)21)11(23)18-6(1-2-8(15)20)12(24)19-7(13(25)26)4-10(17)22/h5-7H,1-4,14H2,(H2,15,20)(H2,16,21)(H2,17,22)(H,18,23)(H,19,24)(H,25,26)/t5-,6-,7-/m0/s1. The first-order chi connectivity index (χ1) is 11.9. The van der Waals surface area contributed by atoms with Crippen molar-refractivity contribution in [2.45, 2.75) is 43.8 Å². The smallest absolute Gasteiger partial charge is 0.326 e. The van der Waals surface area contributed by atoms with Crippen molar-refractivity contribution >= 4 is 35.5 Å². The molecule has 11 N–H and O–H groups in total. The second-order valence-corrected chi connectivity index (χ2v) is 5.41. The van der Waals surface area contributed by atoms with Crippen molar-refractivity contribution in [2.75, 3.05) is 0 Å². The molecule has 0 aromatic heterocycles. The number of rotatable bonds is 12. The Balaban J connectivity index is 5.14. The monoisotopic (exact) mass is 374 g/mol. The van der Waals surface area contributed by atoms with Gasteiger partial charge in [0, 0.05) is 6.42 Å². The highest BCUT2D eigenvalue weighted by molar-refractivity contribution is 5.94. The number of aliphatic carboxylic acids is 1. The molecular formula is C13H22N6O7. The van der Waals surface area contributed by atoms with Crippen LogP contribution in [0.4, 0.5) is 0 Å². The zero-order valence-corrected chi connectivity index (χ0v) is 13.8. The molecule has 0 radical (unpaired) electrons. The van der Waals surface area contributed by atoms with E-state index in [1.807, 2.05) is 5.32 Å². The molecule has 0 aliphatic rings. The van der Waals surface area contributed by atoms with Crippen LogP contribution in [0, 0.1) is 0 Å². The number of carboxylic acid groups (broad SMARTS) is 1. The van der Waals surface area contributed by atoms with Crippen LogP contribution in [0.25, 0.3) is 0 Å². The Kier molecular flexibility index (Phi) is 9.29. The van der Waals surface area contributed by atoms with E-state index in [4.69, 9.17) is 28.0 Å². The molecule has 0 saturated carbocycles. The van der Waals surface area contributed by atoms with E-state index in [9.17, 15) is 28.8 Å². The fourth-order valence-electron chi connectivity index (χ4n) is 1.82. The molecule has 146 valence electrons. The van der Waals surface area contributed by atoms with Crippen molar-refractivity contribution in [2.24, 2.45) is 22.9 Å². The molecule has 0 unspecified atom stereocenters. The van der Waals surface area contributed by atoms with Crippen LogP contribution >= 0.6 is 0 Å². The number of carboxylic acids is 1. The number of carbonyl (C=O) groups excluding carboxylic acids is 5. The predicted molar refractivity (Wildman–Crippen MR) is 85.5 cm³/mol. The Morgan fingerprint density at radius 1 is 0.769 bits per heavy atom. The lowest BCUT2D eigenvalue weighted by atomic mass is 10.1. The van der Waals surface area contributed by atoms with Gasteiger partial charge >= 0.3 is 5.97 Å². The second kappa shape index (κ2) is 10.6. The minimum absolute atomic E-state index is 0.265. The normalized spacial score (nSPS) is 13.7. The highest BCUT2D eigenvalue weighted by Gasteiger charge is 2.29. The Morgan fingerprint density at radius 2 is 1.27 bits per heavy atom. The second-order valence-electron chi connectivity index (χ2n) is 5.41. The molecule has 13 heteroatoms. The van der Waals surface area contributed by atoms with Gasteiger partial charge in [-0.2, -0.15) is 0 Å². The Hall–Kier alpha value is -3.22. The summed E-state index contributed by atoms with van der Waals surface area (Å²) in [7, 11) is 0. The first kappa shape index (κ1) is 22.8. The zero-order valence-electron chi connectivity index (χ0n) is 13.8. The van der Waals surface area contributed by atoms with Crippen LogP contribution in [0.3, 0.4) is 0 Å². The highest BCUT2D eigenvalue weighted by Crippen LogP contribution is 2.02. The Morgan fingerprint density at radius 3 is 1.69 bits per heavy atom. The largest absolute Gasteiger partial charge is 0.480 e. The van der Waals surface area contributed by atoms with Gasteiger partial charge in [0.2, 0.25) is 29.5 Å². The zero-order chi connectivity index (χ0) is 20.4. The van der Waals surface area contributed by atoms with Crippen molar-refractivity contribution in [3.05, 3.63) is 0 Å². The molecule has 26 heavy (non-hydrogen) atoms. The van der Waals surface area contributed by atoms with Crippen LogP contribution in [0.5, 0.6) is 0 Å². The first-order valence-electron chi connectivity index (χ1n) is 7.38. The first-order valence-corrected chi connectivity index (χ1v) is 7.38. The molecule has 3 atom stereocenters. The summed E-state index contributed by atoms with van der Waals surface area (Å²) in [5.41, 5.74) is 20.3. The van der Waals surface area contributed by atoms with Gasteiger partial charge in [0.15, 0.2) is 0 Å². The van der Waals surface area contributed by atoms with E-state index in [-0.39, 0.29) is 12.8 Å². The van der Waals surface area contributed by atoms with E-state index in [1.165, 1.54) is 0 Å². The number of carbonyl (C=O) groups is 6. The topological polar surface area (TPSA) is 251 Å². The van der Waals surface area contributed by atoms with Crippen LogP contribution in [-0.4, -0.2) is 58.7 Å². The van der Waals surface area contributed by atoms with Gasteiger partial charge in [0.05, 0.1) is 18.9 Å². The molecule has 0 bridgehead atoms. The van der Waals surface area contributed by atoms with Crippen molar-refractivity contribution in [3.63, 3.8) is 0 Å². The van der Waals surface area contributed by atoms with Gasteiger partial charge in [-0.15, -0.1) is 0 Å². The third-order valence-electron chi connectivity index (χ3n) is 3.09. The van der Waals surface area contributed by atoms with E-state index in [0.717, 1.165) is 0 Å². The summed E-state index contributed by atoms with van der Waals surface area (Å²) in [4.78, 5) is 67.7. The molecule has 5 amide bonds. The number of primary amides is 3. The quantitative estimate of drug-likeness (QED) is 0.174. The molecule has 13 nitrogen and oxygen atoms in total. The third kappa shape index (κ3) is 9.17. The van der Waals surface area contributed by atoms with Gasteiger partial charge < -0.3 is 38.7 Å². The van der Waals surface area contributed by atoms with Gasteiger partial charge in [0.1, 0.15) is 12.1 Å². The van der Waals surface area contributed by atoms with Crippen molar-refractivity contribution in [3.8, 4) is 0 Å². The summed E-state index contributed by atoms with van der Waals surface area (Å²) < 4.78 is 0. The van der Waals surface area contributed by atoms with Crippen molar-refractivity contribution < 1.29 is 33.9 Å². The average Bonchev–Trinajstić information content (AvgIpc) is 2.48. The van der Waals surface area contributed by atoms with E-state index < -0.39 is 66.5 Å². The minimum Gasteiger partial charge on any atom is -0.480 e. The van der Waals surface area contributed by atoms with E-state index >= 15 is 0 Å². The van der Waals surface area contributed by atoms with E-state index in [2.05, 4.69) is 5.32 Å². The number of nitrogens with two attached hydrogens (primary N) is 4. The number of nitrogens with one attached hydrogen (secondary N) is 2. The molecule has 0 fully saturated rings. The van der Waals surface area contributed by atoms with Crippen LogP contribution < -0.4 is 33.6 Å². The van der Waals surface area contributed by atoms with Crippen LogP contribution in [0.2, 0.25) is 0 Å². The van der Waals surface area contributed by atoms with Gasteiger partial charge in [-0.3, -0.25) is 24.0 Å². The highest BCUT2D eigenvalue weighted by atomic mass is 16.4. The molecule has 0 heterocycles. The number of hydrogen-bond acceptors (Lipinski definition) is 7. The Labute approximate surface area is 147 Å². The lowest BCUT2D eigenvalue weighted by Gasteiger charge is -2.22. The van der Waals surface area contributed by atoms with Gasteiger partial charge in [0.25, 0.3) is 0 Å². The summed E-state index contributed by atoms with van der Waals surface area (Å²) >= 11 is 0. The van der Waals surface area contributed by atoms with Crippen molar-refractivity contribution in [1.82, 2.24) is 10.6 Å². The van der Waals surface area contributed by atoms with Crippen LogP contribution in [0.1, 0.15) is 25.7 Å². The molecule has 0 aliphatic heterocycles. The molecule has 0 aromatic rings. The fourth-order valence-corrected chi connectivity index (χ4v) is 1.82. The summed E-state index contributed by atoms with van der Waals surface area (Å²) in [6, 6.07) is -4.37. The predicted octanol–water partition coefficient (Wildman–Crippen LogP) is -4.62. The number of amides is 5. The summed E-state index contributed by atoms with van der Waals surface area (Å²) in [5, 5.41) is 13.2. The maximum atomic E-state index is 12.2. The minimum atomic E-state index is -1.63. The lowest BCUT2D eigenvalue weighted by molar-refractivity contribution is -0.143. The maximum absolute atomic E-state index is 12.2. The average molecular weight is 374 g/mol. The maximum Gasteiger partial charge on any atom is 0.326 e. The molecular weight excluding hydrogens is 352 g/mol. The molecule has 0 aliphatic carbocycles. The van der Waals surface area contributed by atoms with Crippen molar-refractivity contribution in [1.29, 1.82) is 0 Å². The lowest BCUT2D eigenvalue weighted by Crippen LogP contribution is -2.55. The summed E-state index contributed by atoms with van der Waals surface area (Å²) in [6.45, 7) is 0. The summed E-state index contributed by atoms with van der Waals surface area (Å²) in [6.07, 6.45) is -1.75. The molecule has 0 spiro atoms. The van der Waals surface area contributed by atoms with E-state index in [1.54, 1.807) is 0 Å². The number of hydrogen-bond donors (Lipinski definition) is 7. The van der Waals surface area contributed by atoms with Gasteiger partial charge in [-0.05, 0) is 6.42 Å². The fraction of sp³-hybridized carbons (Fsp3) is 0.538. The molecule has 0 saturated heterocycles. The summed E-state index contributed by atoms with van der Waals surface area (Å²) in [5.74, 6) is -6.04. The Bertz CT molecular complexity index is 594.